The first-order chi connectivity index (χ1) is 24.7. The normalized spacial score (nSPS) is 30.5. The van der Waals surface area contributed by atoms with Gasteiger partial charge in [-0.15, -0.1) is 0 Å². The Morgan fingerprint density at radius 3 is 2.42 bits per heavy atom. The molecule has 2 aromatic carbocycles. The lowest BCUT2D eigenvalue weighted by Crippen LogP contribution is -2.71. The molecule has 1 saturated carbocycles. The van der Waals surface area contributed by atoms with E-state index in [-0.39, 0.29) is 41.1 Å². The minimum Gasteiger partial charge on any atom is -0.487 e. The first kappa shape index (κ1) is 37.7. The standard InChI is InChI=1S/C40H46ClNO10/c1-22-10-9-11-28(20-22)39(5)40(49-8,52-51-39)29-18-16-27(17-19-30(43)48-7)34(32(29)41)50-21-25-12-14-26(15-13-25)31-23(2)35-38(4,24(3)47-6)37(46)42(35)33(31)36(44)45/h12-19,23-24,28,35H,1,9-11,20-21H2,2-8H3,(H,44,45)/b19-17+/t23-,24+,28?,35+,38?,39?,40?/m0/s1. The Morgan fingerprint density at radius 2 is 1.85 bits per heavy atom. The Morgan fingerprint density at radius 1 is 1.13 bits per heavy atom. The van der Waals surface area contributed by atoms with E-state index in [1.165, 1.54) is 18.1 Å². The van der Waals surface area contributed by atoms with Crippen molar-refractivity contribution in [3.63, 3.8) is 0 Å². The van der Waals surface area contributed by atoms with Gasteiger partial charge in [0.25, 0.3) is 5.79 Å². The molecule has 4 aliphatic rings. The summed E-state index contributed by atoms with van der Waals surface area (Å²) in [5.74, 6) is -3.18. The van der Waals surface area contributed by atoms with E-state index in [0.29, 0.717) is 28.0 Å². The van der Waals surface area contributed by atoms with Crippen LogP contribution in [-0.2, 0) is 50.8 Å². The minimum atomic E-state index is -1.34. The molecule has 0 bridgehead atoms. The lowest BCUT2D eigenvalue weighted by Gasteiger charge is -2.57. The number of amides is 1. The molecule has 6 rings (SSSR count). The Labute approximate surface area is 309 Å². The number of carboxylic acid groups (broad SMARTS) is 1. The fourth-order valence-corrected chi connectivity index (χ4v) is 8.96. The second-order valence-electron chi connectivity index (χ2n) is 14.5. The third kappa shape index (κ3) is 5.69. The Bertz CT molecular complexity index is 1850. The van der Waals surface area contributed by atoms with Gasteiger partial charge < -0.3 is 29.0 Å². The molecule has 1 N–H and O–H groups in total. The molecule has 52 heavy (non-hydrogen) atoms. The van der Waals surface area contributed by atoms with Gasteiger partial charge in [-0.25, -0.2) is 14.5 Å². The lowest BCUT2D eigenvalue weighted by atomic mass is 9.65. The van der Waals surface area contributed by atoms with Gasteiger partial charge in [-0.1, -0.05) is 67.1 Å². The Kier molecular flexibility index (Phi) is 10.2. The summed E-state index contributed by atoms with van der Waals surface area (Å²) in [5.41, 5.74) is 2.52. The SMILES string of the molecule is C=C1CCCC(C2(C)OOC2(OC)c2ccc(/C=C/C(=O)OC)c(OCc3ccc(C4=C(C(=O)O)N5C(=O)C(C)([C@@H](C)OC)[C@H]5[C@H]4C)cc3)c2Cl)C1. The van der Waals surface area contributed by atoms with Crippen LogP contribution >= 0.6 is 11.6 Å². The van der Waals surface area contributed by atoms with Crippen LogP contribution in [0.15, 0.2) is 60.3 Å². The number of aliphatic carboxylic acids is 1. The van der Waals surface area contributed by atoms with Crippen molar-refractivity contribution in [2.24, 2.45) is 17.3 Å². The van der Waals surface area contributed by atoms with Crippen LogP contribution in [0.4, 0.5) is 0 Å². The molecule has 2 saturated heterocycles. The maximum Gasteiger partial charge on any atom is 0.352 e. The number of carbonyl (C=O) groups excluding carboxylic acids is 2. The maximum atomic E-state index is 13.4. The van der Waals surface area contributed by atoms with E-state index in [9.17, 15) is 19.5 Å². The highest BCUT2D eigenvalue weighted by molar-refractivity contribution is 6.33. The summed E-state index contributed by atoms with van der Waals surface area (Å²) < 4.78 is 22.8. The number of ether oxygens (including phenoxy) is 4. The summed E-state index contributed by atoms with van der Waals surface area (Å²) in [6, 6.07) is 10.6. The van der Waals surface area contributed by atoms with Crippen molar-refractivity contribution in [1.82, 2.24) is 4.90 Å². The smallest absolute Gasteiger partial charge is 0.352 e. The molecule has 0 spiro atoms. The van der Waals surface area contributed by atoms with Crippen LogP contribution in [0.5, 0.6) is 5.75 Å². The van der Waals surface area contributed by atoms with Crippen molar-refractivity contribution in [3.05, 3.63) is 87.6 Å². The molecule has 3 fully saturated rings. The van der Waals surface area contributed by atoms with E-state index in [1.807, 2.05) is 52.0 Å². The van der Waals surface area contributed by atoms with Crippen molar-refractivity contribution < 1.29 is 48.2 Å². The number of benzene rings is 2. The second-order valence-corrected chi connectivity index (χ2v) is 14.8. The number of rotatable bonds is 12. The highest BCUT2D eigenvalue weighted by atomic mass is 35.5. The first-order valence-electron chi connectivity index (χ1n) is 17.4. The van der Waals surface area contributed by atoms with Gasteiger partial charge in [0.05, 0.1) is 29.7 Å². The molecular formula is C40H46ClNO10. The number of hydrogen-bond acceptors (Lipinski definition) is 9. The predicted octanol–water partition coefficient (Wildman–Crippen LogP) is 7.07. The number of nitrogens with zero attached hydrogens (tertiary/aromatic N) is 1. The van der Waals surface area contributed by atoms with Gasteiger partial charge in [0.2, 0.25) is 5.91 Å². The highest BCUT2D eigenvalue weighted by Crippen LogP contribution is 2.59. The monoisotopic (exact) mass is 735 g/mol. The van der Waals surface area contributed by atoms with E-state index in [2.05, 4.69) is 6.58 Å². The molecular weight excluding hydrogens is 690 g/mol. The summed E-state index contributed by atoms with van der Waals surface area (Å²) in [5, 5.41) is 10.5. The average Bonchev–Trinajstić information content (AvgIpc) is 3.43. The zero-order chi connectivity index (χ0) is 37.7. The zero-order valence-electron chi connectivity index (χ0n) is 30.6. The van der Waals surface area contributed by atoms with Gasteiger partial charge in [-0.3, -0.25) is 4.79 Å². The number of carbonyl (C=O) groups is 3. The van der Waals surface area contributed by atoms with Crippen molar-refractivity contribution in [2.45, 2.75) is 83.5 Å². The van der Waals surface area contributed by atoms with E-state index in [4.69, 9.17) is 40.3 Å². The summed E-state index contributed by atoms with van der Waals surface area (Å²) >= 11 is 7.16. The molecule has 0 aromatic heterocycles. The van der Waals surface area contributed by atoms with Crippen LogP contribution in [-0.4, -0.2) is 66.9 Å². The number of fused-ring (bicyclic) bond motifs is 1. The van der Waals surface area contributed by atoms with Gasteiger partial charge >= 0.3 is 11.9 Å². The molecule has 278 valence electrons. The van der Waals surface area contributed by atoms with E-state index >= 15 is 0 Å². The zero-order valence-corrected chi connectivity index (χ0v) is 31.4. The topological polar surface area (TPSA) is 130 Å². The predicted molar refractivity (Wildman–Crippen MR) is 193 cm³/mol. The van der Waals surface area contributed by atoms with Gasteiger partial charge in [-0.05, 0) is 69.2 Å². The fraction of sp³-hybridized carbons (Fsp3) is 0.475. The van der Waals surface area contributed by atoms with Crippen LogP contribution in [0.3, 0.4) is 0 Å². The first-order valence-corrected chi connectivity index (χ1v) is 17.8. The average molecular weight is 736 g/mol. The van der Waals surface area contributed by atoms with E-state index < -0.39 is 34.8 Å². The van der Waals surface area contributed by atoms with Gasteiger partial charge in [0, 0.05) is 43.3 Å². The molecule has 3 aliphatic heterocycles. The van der Waals surface area contributed by atoms with Crippen LogP contribution in [0, 0.1) is 17.3 Å². The number of methoxy groups -OCH3 is 3. The van der Waals surface area contributed by atoms with Gasteiger partial charge in [0.15, 0.2) is 5.60 Å². The van der Waals surface area contributed by atoms with Crippen LogP contribution in [0.1, 0.15) is 75.6 Å². The van der Waals surface area contributed by atoms with Crippen molar-refractivity contribution in [3.8, 4) is 5.75 Å². The second kappa shape index (κ2) is 14.1. The molecule has 1 amide bonds. The largest absolute Gasteiger partial charge is 0.487 e. The number of esters is 1. The van der Waals surface area contributed by atoms with Crippen molar-refractivity contribution in [2.75, 3.05) is 21.3 Å². The van der Waals surface area contributed by atoms with Gasteiger partial charge in [-0.2, -0.15) is 4.89 Å². The molecule has 3 heterocycles. The van der Waals surface area contributed by atoms with E-state index in [1.54, 1.807) is 32.4 Å². The third-order valence-electron chi connectivity index (χ3n) is 11.8. The third-order valence-corrected chi connectivity index (χ3v) is 12.2. The number of halogens is 1. The lowest BCUT2D eigenvalue weighted by molar-refractivity contribution is -0.624. The summed E-state index contributed by atoms with van der Waals surface area (Å²) in [7, 11) is 4.40. The number of β-lactam (4-membered cyclic amide) rings is 1. The van der Waals surface area contributed by atoms with Crippen molar-refractivity contribution in [1.29, 1.82) is 0 Å². The maximum absolute atomic E-state index is 13.4. The van der Waals surface area contributed by atoms with Gasteiger partial charge in [0.1, 0.15) is 18.1 Å². The molecule has 11 nitrogen and oxygen atoms in total. The molecule has 1 aliphatic carbocycles. The fourth-order valence-electron chi connectivity index (χ4n) is 8.61. The van der Waals surface area contributed by atoms with Crippen LogP contribution in [0.25, 0.3) is 11.6 Å². The molecule has 0 radical (unpaired) electrons. The highest BCUT2D eigenvalue weighted by Gasteiger charge is 2.69. The molecule has 2 aromatic rings. The molecule has 7 atom stereocenters. The number of carboxylic acids is 1. The van der Waals surface area contributed by atoms with Crippen molar-refractivity contribution >= 4 is 41.1 Å². The minimum absolute atomic E-state index is 0.00304. The molecule has 12 heteroatoms. The van der Waals surface area contributed by atoms with Crippen LogP contribution in [0.2, 0.25) is 5.02 Å². The quantitative estimate of drug-likeness (QED) is 0.0795. The Hall–Kier alpha value is -4.00. The molecule has 4 unspecified atom stereocenters. The number of allylic oxidation sites excluding steroid dienone is 1. The summed E-state index contributed by atoms with van der Waals surface area (Å²) in [6.07, 6.45) is 6.08. The number of hydrogen-bond donors (Lipinski definition) is 1. The summed E-state index contributed by atoms with van der Waals surface area (Å²) in [4.78, 5) is 51.0. The summed E-state index contributed by atoms with van der Waals surface area (Å²) in [6.45, 7) is 11.9. The van der Waals surface area contributed by atoms with E-state index in [0.717, 1.165) is 36.8 Å². The van der Waals surface area contributed by atoms with Crippen LogP contribution < -0.4 is 4.74 Å². The Balaban J connectivity index is 1.30.